The highest BCUT2D eigenvalue weighted by Crippen LogP contribution is 2.33. The Hall–Kier alpha value is -2.29. The Labute approximate surface area is 188 Å². The van der Waals surface area contributed by atoms with Crippen LogP contribution in [-0.4, -0.2) is 51.7 Å². The van der Waals surface area contributed by atoms with Crippen LogP contribution >= 0.6 is 34.8 Å². The summed E-state index contributed by atoms with van der Waals surface area (Å²) in [5.41, 5.74) is -0.0495. The van der Waals surface area contributed by atoms with Crippen molar-refractivity contribution in [3.8, 4) is 5.88 Å². The number of ether oxygens (including phenoxy) is 2. The van der Waals surface area contributed by atoms with Crippen molar-refractivity contribution in [1.82, 2.24) is 14.9 Å². The van der Waals surface area contributed by atoms with Gasteiger partial charge in [-0.3, -0.25) is 4.79 Å². The van der Waals surface area contributed by atoms with Gasteiger partial charge < -0.3 is 19.7 Å². The number of hydrogen-bond acceptors (Lipinski definition) is 6. The van der Waals surface area contributed by atoms with Crippen molar-refractivity contribution in [1.29, 1.82) is 0 Å². The van der Waals surface area contributed by atoms with Crippen molar-refractivity contribution in [2.45, 2.75) is 32.5 Å². The monoisotopic (exact) mass is 472 g/mol. The van der Waals surface area contributed by atoms with Gasteiger partial charge in [0.05, 0.1) is 18.1 Å². The zero-order chi connectivity index (χ0) is 22.1. The molecule has 1 aliphatic rings. The predicted molar refractivity (Wildman–Crippen MR) is 114 cm³/mol. The first-order valence-electron chi connectivity index (χ1n) is 8.95. The largest absolute Gasteiger partial charge is 0.469 e. The summed E-state index contributed by atoms with van der Waals surface area (Å²) in [7, 11) is 0. The van der Waals surface area contributed by atoms with E-state index in [0.717, 1.165) is 0 Å². The fraction of sp³-hybridized carbons (Fsp3) is 0.368. The zero-order valence-corrected chi connectivity index (χ0v) is 18.7. The average molecular weight is 474 g/mol. The SMILES string of the molecule is CC(C)(C)OC(=O)N1CC(Oc2nc(Cl)c(Cl)cc2NC(=O)c2ccnc(Cl)c2)C1. The molecule has 2 amide bonds. The van der Waals surface area contributed by atoms with Gasteiger partial charge in [-0.2, -0.15) is 4.98 Å². The summed E-state index contributed by atoms with van der Waals surface area (Å²) >= 11 is 17.9. The van der Waals surface area contributed by atoms with Crippen LogP contribution in [0.5, 0.6) is 5.88 Å². The van der Waals surface area contributed by atoms with Crippen LogP contribution in [0.15, 0.2) is 24.4 Å². The topological polar surface area (TPSA) is 93.6 Å². The normalized spacial score (nSPS) is 14.1. The minimum Gasteiger partial charge on any atom is -0.469 e. The van der Waals surface area contributed by atoms with Gasteiger partial charge in [0.1, 0.15) is 22.5 Å². The van der Waals surface area contributed by atoms with E-state index in [1.165, 1.54) is 29.3 Å². The number of likely N-dealkylation sites (tertiary alicyclic amines) is 1. The van der Waals surface area contributed by atoms with E-state index in [4.69, 9.17) is 44.3 Å². The fourth-order valence-corrected chi connectivity index (χ4v) is 2.97. The summed E-state index contributed by atoms with van der Waals surface area (Å²) in [6.45, 7) is 6.00. The number of pyridine rings is 2. The van der Waals surface area contributed by atoms with E-state index < -0.39 is 17.6 Å². The van der Waals surface area contributed by atoms with Gasteiger partial charge in [0.25, 0.3) is 5.91 Å². The first kappa shape index (κ1) is 22.4. The molecule has 0 aromatic carbocycles. The quantitative estimate of drug-likeness (QED) is 0.648. The second kappa shape index (κ2) is 8.83. The molecule has 0 radical (unpaired) electrons. The number of carbonyl (C=O) groups is 2. The molecule has 0 spiro atoms. The molecule has 3 heterocycles. The van der Waals surface area contributed by atoms with Crippen molar-refractivity contribution in [3.63, 3.8) is 0 Å². The lowest BCUT2D eigenvalue weighted by Gasteiger charge is -2.39. The predicted octanol–water partition coefficient (Wildman–Crippen LogP) is 4.69. The summed E-state index contributed by atoms with van der Waals surface area (Å²) in [6, 6.07) is 4.38. The third-order valence-corrected chi connectivity index (χ3v) is 4.79. The highest BCUT2D eigenvalue weighted by Gasteiger charge is 2.36. The lowest BCUT2D eigenvalue weighted by molar-refractivity contribution is -0.0230. The Morgan fingerprint density at radius 3 is 2.53 bits per heavy atom. The fourth-order valence-electron chi connectivity index (χ4n) is 2.51. The number of nitrogens with zero attached hydrogens (tertiary/aromatic N) is 3. The van der Waals surface area contributed by atoms with E-state index >= 15 is 0 Å². The van der Waals surface area contributed by atoms with Crippen LogP contribution in [0.2, 0.25) is 15.3 Å². The third-order valence-electron chi connectivity index (χ3n) is 3.91. The molecule has 0 aliphatic carbocycles. The summed E-state index contributed by atoms with van der Waals surface area (Å²) < 4.78 is 11.1. The molecule has 8 nitrogen and oxygen atoms in total. The molecule has 1 fully saturated rings. The summed E-state index contributed by atoms with van der Waals surface area (Å²) in [5.74, 6) is -0.361. The molecule has 160 valence electrons. The molecule has 0 saturated carbocycles. The molecule has 0 bridgehead atoms. The average Bonchev–Trinajstić information content (AvgIpc) is 2.59. The Bertz CT molecular complexity index is 975. The highest BCUT2D eigenvalue weighted by molar-refractivity contribution is 6.41. The van der Waals surface area contributed by atoms with E-state index in [-0.39, 0.29) is 33.0 Å². The number of hydrogen-bond donors (Lipinski definition) is 1. The summed E-state index contributed by atoms with van der Waals surface area (Å²) in [5, 5.41) is 3.04. The lowest BCUT2D eigenvalue weighted by Crippen LogP contribution is -2.57. The Balaban J connectivity index is 1.69. The molecule has 0 unspecified atom stereocenters. The van der Waals surface area contributed by atoms with Crippen LogP contribution in [-0.2, 0) is 4.74 Å². The van der Waals surface area contributed by atoms with Crippen LogP contribution in [0.4, 0.5) is 10.5 Å². The van der Waals surface area contributed by atoms with Gasteiger partial charge in [0, 0.05) is 11.8 Å². The molecule has 30 heavy (non-hydrogen) atoms. The van der Waals surface area contributed by atoms with Gasteiger partial charge in [0.15, 0.2) is 5.15 Å². The van der Waals surface area contributed by atoms with Gasteiger partial charge >= 0.3 is 6.09 Å². The molecule has 2 aromatic heterocycles. The van der Waals surface area contributed by atoms with Crippen molar-refractivity contribution in [3.05, 3.63) is 45.3 Å². The molecule has 1 saturated heterocycles. The molecule has 2 aromatic rings. The van der Waals surface area contributed by atoms with Crippen LogP contribution in [0.1, 0.15) is 31.1 Å². The third kappa shape index (κ3) is 5.65. The maximum Gasteiger partial charge on any atom is 0.410 e. The van der Waals surface area contributed by atoms with Crippen LogP contribution in [0.3, 0.4) is 0 Å². The molecular weight excluding hydrogens is 455 g/mol. The van der Waals surface area contributed by atoms with Gasteiger partial charge in [-0.1, -0.05) is 34.8 Å². The number of anilines is 1. The van der Waals surface area contributed by atoms with Crippen molar-refractivity contribution < 1.29 is 19.1 Å². The smallest absolute Gasteiger partial charge is 0.410 e. The second-order valence-corrected chi connectivity index (χ2v) is 8.71. The van der Waals surface area contributed by atoms with E-state index in [1.54, 1.807) is 20.8 Å². The minimum absolute atomic E-state index is 0.0277. The van der Waals surface area contributed by atoms with Crippen LogP contribution < -0.4 is 10.1 Å². The van der Waals surface area contributed by atoms with E-state index in [1.807, 2.05) is 0 Å². The Kier molecular flexibility index (Phi) is 6.59. The zero-order valence-electron chi connectivity index (χ0n) is 16.4. The van der Waals surface area contributed by atoms with Crippen molar-refractivity contribution in [2.75, 3.05) is 18.4 Å². The standard InChI is InChI=1S/C19H19Cl3N4O4/c1-19(2,3)30-18(28)26-8-11(9-26)29-17-13(7-12(20)15(22)25-17)24-16(27)10-4-5-23-14(21)6-10/h4-7,11H,8-9H2,1-3H3,(H,24,27). The Morgan fingerprint density at radius 2 is 1.90 bits per heavy atom. The van der Waals surface area contributed by atoms with Gasteiger partial charge in [0.2, 0.25) is 5.88 Å². The summed E-state index contributed by atoms with van der Waals surface area (Å²) in [6.07, 6.45) is 0.655. The first-order chi connectivity index (χ1) is 14.0. The maximum atomic E-state index is 12.5. The van der Waals surface area contributed by atoms with Gasteiger partial charge in [-0.25, -0.2) is 9.78 Å². The van der Waals surface area contributed by atoms with Gasteiger partial charge in [-0.05, 0) is 39.0 Å². The number of aromatic nitrogens is 2. The molecule has 3 rings (SSSR count). The number of nitrogens with one attached hydrogen (secondary N) is 1. The maximum absolute atomic E-state index is 12.5. The van der Waals surface area contributed by atoms with Crippen LogP contribution in [0, 0.1) is 0 Å². The van der Waals surface area contributed by atoms with Crippen molar-refractivity contribution in [2.24, 2.45) is 0 Å². The number of amides is 2. The molecular formula is C19H19Cl3N4O4. The molecule has 1 aliphatic heterocycles. The molecule has 11 heteroatoms. The van der Waals surface area contributed by atoms with Crippen molar-refractivity contribution >= 4 is 52.5 Å². The molecule has 1 N–H and O–H groups in total. The summed E-state index contributed by atoms with van der Waals surface area (Å²) in [4.78, 5) is 34.0. The lowest BCUT2D eigenvalue weighted by atomic mass is 10.1. The number of rotatable bonds is 4. The van der Waals surface area contributed by atoms with E-state index in [9.17, 15) is 9.59 Å². The van der Waals surface area contributed by atoms with E-state index in [2.05, 4.69) is 15.3 Å². The van der Waals surface area contributed by atoms with E-state index in [0.29, 0.717) is 18.7 Å². The Morgan fingerprint density at radius 1 is 1.20 bits per heavy atom. The molecule has 0 atom stereocenters. The number of halogens is 3. The first-order valence-corrected chi connectivity index (χ1v) is 10.1. The van der Waals surface area contributed by atoms with Crippen LogP contribution in [0.25, 0.3) is 0 Å². The second-order valence-electron chi connectivity index (χ2n) is 7.56. The number of carbonyl (C=O) groups excluding carboxylic acids is 2. The minimum atomic E-state index is -0.582. The highest BCUT2D eigenvalue weighted by atomic mass is 35.5. The van der Waals surface area contributed by atoms with Gasteiger partial charge in [-0.15, -0.1) is 0 Å².